The first-order chi connectivity index (χ1) is 9.58. The lowest BCUT2D eigenvalue weighted by Gasteiger charge is -2.09. The Hall–Kier alpha value is -0.920. The molecule has 0 aliphatic heterocycles. The zero-order valence-electron chi connectivity index (χ0n) is 11.0. The van der Waals surface area contributed by atoms with Gasteiger partial charge < -0.3 is 10.1 Å². The molecule has 7 heteroatoms. The van der Waals surface area contributed by atoms with Crippen molar-refractivity contribution in [3.05, 3.63) is 39.3 Å². The van der Waals surface area contributed by atoms with Crippen LogP contribution in [0.15, 0.2) is 38.8 Å². The first-order valence-electron chi connectivity index (χ1n) is 5.88. The van der Waals surface area contributed by atoms with Crippen LogP contribution in [0.25, 0.3) is 0 Å². The highest BCUT2D eigenvalue weighted by molar-refractivity contribution is 9.11. The summed E-state index contributed by atoms with van der Waals surface area (Å²) in [5.74, 6) is 0.778. The van der Waals surface area contributed by atoms with Crippen molar-refractivity contribution >= 4 is 55.4 Å². The number of hydrogen-bond donors (Lipinski definition) is 2. The molecule has 2 N–H and O–H groups in total. The van der Waals surface area contributed by atoms with E-state index in [0.29, 0.717) is 18.3 Å². The van der Waals surface area contributed by atoms with Crippen LogP contribution in [0.2, 0.25) is 0 Å². The van der Waals surface area contributed by atoms with Crippen LogP contribution in [-0.2, 0) is 0 Å². The summed E-state index contributed by atoms with van der Waals surface area (Å²) in [6.45, 7) is 6.74. The van der Waals surface area contributed by atoms with Crippen LogP contribution in [0, 0.1) is 0 Å². The van der Waals surface area contributed by atoms with Crippen molar-refractivity contribution in [2.24, 2.45) is 5.10 Å². The van der Waals surface area contributed by atoms with Crippen molar-refractivity contribution in [1.29, 1.82) is 0 Å². The van der Waals surface area contributed by atoms with E-state index in [9.17, 15) is 0 Å². The Labute approximate surface area is 140 Å². The van der Waals surface area contributed by atoms with Gasteiger partial charge in [0.25, 0.3) is 0 Å². The van der Waals surface area contributed by atoms with Gasteiger partial charge in [-0.15, -0.1) is 6.58 Å². The highest BCUT2D eigenvalue weighted by Crippen LogP contribution is 2.34. The summed E-state index contributed by atoms with van der Waals surface area (Å²) < 4.78 is 7.24. The molecular weight excluding hydrogens is 406 g/mol. The fraction of sp³-hybridized carbons (Fsp3) is 0.231. The Morgan fingerprint density at radius 3 is 2.65 bits per heavy atom. The van der Waals surface area contributed by atoms with Crippen LogP contribution in [0.4, 0.5) is 0 Å². The van der Waals surface area contributed by atoms with E-state index in [1.165, 1.54) is 0 Å². The Bertz CT molecular complexity index is 497. The summed E-state index contributed by atoms with van der Waals surface area (Å²) in [6.07, 6.45) is 3.39. The maximum atomic E-state index is 5.52. The third-order valence-electron chi connectivity index (χ3n) is 2.10. The van der Waals surface area contributed by atoms with Crippen LogP contribution in [-0.4, -0.2) is 24.5 Å². The Balaban J connectivity index is 2.69. The predicted octanol–water partition coefficient (Wildman–Crippen LogP) is 3.59. The van der Waals surface area contributed by atoms with E-state index in [0.717, 1.165) is 20.3 Å². The minimum atomic E-state index is 0.449. The van der Waals surface area contributed by atoms with Crippen molar-refractivity contribution in [1.82, 2.24) is 10.7 Å². The van der Waals surface area contributed by atoms with Crippen molar-refractivity contribution in [2.75, 3.05) is 13.2 Å². The average Bonchev–Trinajstić information content (AvgIpc) is 2.40. The first-order valence-corrected chi connectivity index (χ1v) is 7.87. The zero-order chi connectivity index (χ0) is 15.0. The van der Waals surface area contributed by atoms with Crippen LogP contribution < -0.4 is 15.5 Å². The molecule has 0 aliphatic rings. The molecule has 108 valence electrons. The summed E-state index contributed by atoms with van der Waals surface area (Å²) in [5.41, 5.74) is 3.63. The third-order valence-corrected chi connectivity index (χ3v) is 3.51. The second kappa shape index (κ2) is 9.10. The molecule has 0 saturated carbocycles. The third kappa shape index (κ3) is 5.60. The second-order valence-corrected chi connectivity index (χ2v) is 5.73. The summed E-state index contributed by atoms with van der Waals surface area (Å²) in [5, 5.41) is 7.42. The van der Waals surface area contributed by atoms with Gasteiger partial charge in [-0.25, -0.2) is 0 Å². The van der Waals surface area contributed by atoms with E-state index >= 15 is 0 Å². The number of hydrogen-bond acceptors (Lipinski definition) is 3. The van der Waals surface area contributed by atoms with Gasteiger partial charge >= 0.3 is 0 Å². The number of thiocarbonyl (C=S) groups is 1. The second-order valence-electron chi connectivity index (χ2n) is 3.62. The number of benzene rings is 1. The van der Waals surface area contributed by atoms with E-state index in [4.69, 9.17) is 17.0 Å². The monoisotopic (exact) mass is 419 g/mol. The number of halogens is 2. The molecule has 20 heavy (non-hydrogen) atoms. The van der Waals surface area contributed by atoms with Gasteiger partial charge in [0, 0.05) is 6.54 Å². The summed E-state index contributed by atoms with van der Waals surface area (Å²) in [4.78, 5) is 0. The predicted molar refractivity (Wildman–Crippen MR) is 94.5 cm³/mol. The highest BCUT2D eigenvalue weighted by atomic mass is 79.9. The molecule has 4 nitrogen and oxygen atoms in total. The molecular formula is C13H15Br2N3OS. The van der Waals surface area contributed by atoms with Crippen LogP contribution in [0.5, 0.6) is 5.75 Å². The molecule has 1 aromatic carbocycles. The Kier molecular flexibility index (Phi) is 7.79. The number of rotatable bonds is 6. The fourth-order valence-electron chi connectivity index (χ4n) is 1.31. The average molecular weight is 421 g/mol. The lowest BCUT2D eigenvalue weighted by molar-refractivity contribution is 0.336. The summed E-state index contributed by atoms with van der Waals surface area (Å²) >= 11 is 12.0. The van der Waals surface area contributed by atoms with Crippen molar-refractivity contribution < 1.29 is 4.74 Å². The molecule has 0 aliphatic carbocycles. The van der Waals surface area contributed by atoms with Gasteiger partial charge in [0.2, 0.25) is 0 Å². The van der Waals surface area contributed by atoms with E-state index in [1.807, 2.05) is 19.1 Å². The Morgan fingerprint density at radius 1 is 1.45 bits per heavy atom. The molecule has 1 aromatic rings. The smallest absolute Gasteiger partial charge is 0.187 e. The lowest BCUT2D eigenvalue weighted by atomic mass is 10.2. The number of ether oxygens (including phenoxy) is 1. The molecule has 0 radical (unpaired) electrons. The quantitative estimate of drug-likeness (QED) is 0.319. The van der Waals surface area contributed by atoms with Crippen molar-refractivity contribution in [3.63, 3.8) is 0 Å². The van der Waals surface area contributed by atoms with Crippen molar-refractivity contribution in [3.8, 4) is 5.75 Å². The fourth-order valence-corrected chi connectivity index (χ4v) is 2.89. The van der Waals surface area contributed by atoms with E-state index < -0.39 is 0 Å². The van der Waals surface area contributed by atoms with Crippen LogP contribution in [0.1, 0.15) is 12.5 Å². The molecule has 1 rings (SSSR count). The Morgan fingerprint density at radius 2 is 2.10 bits per heavy atom. The molecule has 0 aromatic heterocycles. The number of nitrogens with one attached hydrogen (secondary N) is 2. The largest absolute Gasteiger partial charge is 0.492 e. The summed E-state index contributed by atoms with van der Waals surface area (Å²) in [7, 11) is 0. The first kappa shape index (κ1) is 17.1. The molecule has 0 fully saturated rings. The topological polar surface area (TPSA) is 45.7 Å². The molecule has 0 spiro atoms. The maximum absolute atomic E-state index is 5.52. The molecule has 0 bridgehead atoms. The van der Waals surface area contributed by atoms with Gasteiger partial charge in [-0.1, -0.05) is 6.08 Å². The van der Waals surface area contributed by atoms with Gasteiger partial charge in [0.05, 0.1) is 21.8 Å². The summed E-state index contributed by atoms with van der Waals surface area (Å²) in [6, 6.07) is 3.84. The minimum absolute atomic E-state index is 0.449. The van der Waals surface area contributed by atoms with Gasteiger partial charge in [0.1, 0.15) is 5.75 Å². The van der Waals surface area contributed by atoms with Crippen molar-refractivity contribution in [2.45, 2.75) is 6.92 Å². The van der Waals surface area contributed by atoms with Gasteiger partial charge in [-0.05, 0) is 68.7 Å². The molecule has 0 unspecified atom stereocenters. The van der Waals surface area contributed by atoms with E-state index in [2.05, 4.69) is 54.3 Å². The van der Waals surface area contributed by atoms with Crippen LogP contribution >= 0.6 is 44.1 Å². The van der Waals surface area contributed by atoms with E-state index in [-0.39, 0.29) is 0 Å². The normalized spacial score (nSPS) is 10.3. The standard InChI is InChI=1S/C13H15Br2N3OS/c1-3-5-16-13(20)18-17-8-9-6-10(14)12(19-4-2)11(15)7-9/h3,6-8H,1,4-5H2,2H3,(H2,16,18,20)/b17-8+. The number of nitrogens with zero attached hydrogens (tertiary/aromatic N) is 1. The van der Waals surface area contributed by atoms with Crippen LogP contribution in [0.3, 0.4) is 0 Å². The molecule has 0 saturated heterocycles. The highest BCUT2D eigenvalue weighted by Gasteiger charge is 2.07. The molecule has 0 atom stereocenters. The lowest BCUT2D eigenvalue weighted by Crippen LogP contribution is -2.31. The minimum Gasteiger partial charge on any atom is -0.492 e. The molecule has 0 heterocycles. The van der Waals surface area contributed by atoms with E-state index in [1.54, 1.807) is 12.3 Å². The zero-order valence-corrected chi connectivity index (χ0v) is 14.9. The van der Waals surface area contributed by atoms with Gasteiger partial charge in [-0.2, -0.15) is 5.10 Å². The van der Waals surface area contributed by atoms with Gasteiger partial charge in [0.15, 0.2) is 5.11 Å². The molecule has 0 amide bonds. The SMILES string of the molecule is C=CCNC(=S)N/N=C/c1cc(Br)c(OCC)c(Br)c1. The number of hydrazone groups is 1. The van der Waals surface area contributed by atoms with Gasteiger partial charge in [-0.3, -0.25) is 5.43 Å². The maximum Gasteiger partial charge on any atom is 0.187 e.